The predicted octanol–water partition coefficient (Wildman–Crippen LogP) is 3.15. The molecule has 2 N–H and O–H groups in total. The van der Waals surface area contributed by atoms with Crippen LogP contribution >= 0.6 is 0 Å². The molecule has 1 aliphatic rings. The van der Waals surface area contributed by atoms with E-state index in [0.29, 0.717) is 22.2 Å². The average Bonchev–Trinajstić information content (AvgIpc) is 3.49. The third-order valence-corrected chi connectivity index (χ3v) is 8.00. The van der Waals surface area contributed by atoms with E-state index in [0.717, 1.165) is 31.1 Å². The average molecular weight is 583 g/mol. The summed E-state index contributed by atoms with van der Waals surface area (Å²) < 4.78 is 53.0. The first-order chi connectivity index (χ1) is 19.7. The number of aryl methyl sites for hydroxylation is 1. The normalized spacial score (nSPS) is 15.0. The number of rotatable bonds is 12. The van der Waals surface area contributed by atoms with Crippen molar-refractivity contribution in [2.24, 2.45) is 5.10 Å². The van der Waals surface area contributed by atoms with Crippen LogP contribution in [0.2, 0.25) is 0 Å². The van der Waals surface area contributed by atoms with E-state index >= 15 is 0 Å². The molecule has 0 radical (unpaired) electrons. The van der Waals surface area contributed by atoms with Crippen LogP contribution in [0.1, 0.15) is 24.0 Å². The molecule has 3 aromatic carbocycles. The zero-order valence-corrected chi connectivity index (χ0v) is 23.3. The van der Waals surface area contributed by atoms with Gasteiger partial charge in [0.15, 0.2) is 6.61 Å². The lowest BCUT2D eigenvalue weighted by Crippen LogP contribution is -2.40. The summed E-state index contributed by atoms with van der Waals surface area (Å²) in [5, 5.41) is 6.67. The van der Waals surface area contributed by atoms with Gasteiger partial charge in [0.25, 0.3) is 21.8 Å². The van der Waals surface area contributed by atoms with Crippen LogP contribution in [-0.2, 0) is 24.3 Å². The zero-order chi connectivity index (χ0) is 29.2. The second kappa shape index (κ2) is 13.9. The van der Waals surface area contributed by atoms with Crippen LogP contribution in [0.15, 0.2) is 82.8 Å². The van der Waals surface area contributed by atoms with E-state index in [4.69, 9.17) is 9.47 Å². The number of carbonyl (C=O) groups excluding carboxylic acids is 2. The molecule has 0 saturated carbocycles. The van der Waals surface area contributed by atoms with E-state index in [1.165, 1.54) is 36.5 Å². The summed E-state index contributed by atoms with van der Waals surface area (Å²) in [6.45, 7) is 2.15. The van der Waals surface area contributed by atoms with Gasteiger partial charge < -0.3 is 14.8 Å². The van der Waals surface area contributed by atoms with Gasteiger partial charge in [0.1, 0.15) is 18.1 Å². The molecule has 2 amide bonds. The minimum atomic E-state index is -4.26. The van der Waals surface area contributed by atoms with Gasteiger partial charge >= 0.3 is 0 Å². The predicted molar refractivity (Wildman–Crippen MR) is 152 cm³/mol. The summed E-state index contributed by atoms with van der Waals surface area (Å²) in [5.41, 5.74) is 3.48. The van der Waals surface area contributed by atoms with Gasteiger partial charge in [-0.25, -0.2) is 18.2 Å². The van der Waals surface area contributed by atoms with E-state index in [2.05, 4.69) is 15.8 Å². The van der Waals surface area contributed by atoms with E-state index in [1.54, 1.807) is 36.4 Å². The lowest BCUT2D eigenvalue weighted by Gasteiger charge is -2.24. The van der Waals surface area contributed by atoms with Crippen LogP contribution in [0, 0.1) is 12.7 Å². The maximum atomic E-state index is 14.6. The van der Waals surface area contributed by atoms with Gasteiger partial charge in [0.2, 0.25) is 0 Å². The molecule has 10 nitrogen and oxygen atoms in total. The quantitative estimate of drug-likeness (QED) is 0.250. The number of anilines is 1. The van der Waals surface area contributed by atoms with Crippen molar-refractivity contribution in [1.82, 2.24) is 10.7 Å². The molecule has 0 aromatic heterocycles. The van der Waals surface area contributed by atoms with E-state index in [-0.39, 0.29) is 29.2 Å². The number of nitrogens with one attached hydrogen (secondary N) is 2. The molecule has 0 spiro atoms. The number of carbonyl (C=O) groups is 2. The summed E-state index contributed by atoms with van der Waals surface area (Å²) in [6.07, 6.45) is 3.34. The lowest BCUT2D eigenvalue weighted by atomic mass is 10.2. The smallest absolute Gasteiger partial charge is 0.264 e. The maximum absolute atomic E-state index is 14.6. The van der Waals surface area contributed by atoms with E-state index < -0.39 is 28.3 Å². The Morgan fingerprint density at radius 1 is 1.07 bits per heavy atom. The summed E-state index contributed by atoms with van der Waals surface area (Å²) in [5.74, 6) is -1.33. The topological polar surface area (TPSA) is 126 Å². The Hall–Kier alpha value is -4.29. The van der Waals surface area contributed by atoms with Crippen molar-refractivity contribution in [2.75, 3.05) is 30.6 Å². The third-order valence-electron chi connectivity index (χ3n) is 6.22. The third kappa shape index (κ3) is 8.35. The summed E-state index contributed by atoms with van der Waals surface area (Å²) >= 11 is 0. The highest BCUT2D eigenvalue weighted by Crippen LogP contribution is 2.26. The second-order valence-corrected chi connectivity index (χ2v) is 11.2. The number of halogens is 1. The molecule has 41 heavy (non-hydrogen) atoms. The first-order valence-electron chi connectivity index (χ1n) is 13.0. The molecule has 0 unspecified atom stereocenters. The number of hydrazone groups is 1. The Morgan fingerprint density at radius 2 is 1.80 bits per heavy atom. The number of amides is 2. The van der Waals surface area contributed by atoms with Crippen molar-refractivity contribution in [3.05, 3.63) is 89.7 Å². The van der Waals surface area contributed by atoms with Crippen molar-refractivity contribution in [2.45, 2.75) is 30.8 Å². The SMILES string of the molecule is Cc1ccc(S(=O)(=O)N(CC(=O)N/N=C\c2ccc(OCC(=O)NC[C@H]3CCCO3)cc2)c2ccccc2F)cc1. The number of hydrogen-bond donors (Lipinski definition) is 2. The lowest BCUT2D eigenvalue weighted by molar-refractivity contribution is -0.123. The van der Waals surface area contributed by atoms with Crippen molar-refractivity contribution in [1.29, 1.82) is 0 Å². The van der Waals surface area contributed by atoms with Crippen LogP contribution < -0.4 is 19.8 Å². The van der Waals surface area contributed by atoms with Gasteiger partial charge in [-0.05, 0) is 73.9 Å². The maximum Gasteiger partial charge on any atom is 0.264 e. The molecule has 0 aliphatic carbocycles. The molecule has 1 saturated heterocycles. The Kier molecular flexibility index (Phi) is 10.0. The molecule has 1 heterocycles. The molecular formula is C29H31FN4O6S. The van der Waals surface area contributed by atoms with Gasteiger partial charge in [-0.2, -0.15) is 5.10 Å². The Labute approximate surface area is 238 Å². The fourth-order valence-corrected chi connectivity index (χ4v) is 5.45. The van der Waals surface area contributed by atoms with Crippen LogP contribution in [-0.4, -0.2) is 58.9 Å². The number of sulfonamides is 1. The first kappa shape index (κ1) is 29.7. The van der Waals surface area contributed by atoms with Gasteiger partial charge in [0.05, 0.1) is 22.9 Å². The van der Waals surface area contributed by atoms with Crippen LogP contribution in [0.4, 0.5) is 10.1 Å². The van der Waals surface area contributed by atoms with Gasteiger partial charge in [-0.3, -0.25) is 13.9 Å². The highest BCUT2D eigenvalue weighted by Gasteiger charge is 2.29. The van der Waals surface area contributed by atoms with Crippen molar-refractivity contribution >= 4 is 33.7 Å². The number of ether oxygens (including phenoxy) is 2. The standard InChI is InChI=1S/C29H31FN4O6S/c1-21-8-14-25(15-9-21)41(37,38)34(27-7-3-2-6-26(27)30)19-28(35)33-32-17-22-10-12-23(13-11-22)40-20-29(36)31-18-24-5-4-16-39-24/h2-3,6-15,17,24H,4-5,16,18-20H2,1H3,(H,31,36)(H,33,35)/b32-17-/t24-/m1/s1. The molecule has 0 bridgehead atoms. The van der Waals surface area contributed by atoms with Gasteiger partial charge in [0, 0.05) is 13.2 Å². The minimum Gasteiger partial charge on any atom is -0.484 e. The minimum absolute atomic E-state index is 0.0539. The van der Waals surface area contributed by atoms with Crippen molar-refractivity contribution in [3.8, 4) is 5.75 Å². The Morgan fingerprint density at radius 3 is 2.49 bits per heavy atom. The molecule has 1 fully saturated rings. The molecule has 4 rings (SSSR count). The largest absolute Gasteiger partial charge is 0.484 e. The highest BCUT2D eigenvalue weighted by atomic mass is 32.2. The van der Waals surface area contributed by atoms with Crippen molar-refractivity contribution < 1.29 is 31.9 Å². The van der Waals surface area contributed by atoms with Crippen LogP contribution in [0.5, 0.6) is 5.75 Å². The van der Waals surface area contributed by atoms with Gasteiger partial charge in [-0.1, -0.05) is 29.8 Å². The molecule has 216 valence electrons. The number of nitrogens with zero attached hydrogens (tertiary/aromatic N) is 2. The molecular weight excluding hydrogens is 551 g/mol. The van der Waals surface area contributed by atoms with Crippen LogP contribution in [0.25, 0.3) is 0 Å². The Balaban J connectivity index is 1.33. The van der Waals surface area contributed by atoms with E-state index in [9.17, 15) is 22.4 Å². The second-order valence-electron chi connectivity index (χ2n) is 9.37. The van der Waals surface area contributed by atoms with Crippen molar-refractivity contribution in [3.63, 3.8) is 0 Å². The van der Waals surface area contributed by atoms with Gasteiger partial charge in [-0.15, -0.1) is 0 Å². The zero-order valence-electron chi connectivity index (χ0n) is 22.5. The number of para-hydroxylation sites is 1. The van der Waals surface area contributed by atoms with E-state index in [1.807, 2.05) is 6.92 Å². The molecule has 1 atom stereocenters. The molecule has 3 aromatic rings. The number of benzene rings is 3. The summed E-state index contributed by atoms with van der Waals surface area (Å²) in [4.78, 5) is 24.6. The molecule has 1 aliphatic heterocycles. The fourth-order valence-electron chi connectivity index (χ4n) is 4.02. The Bertz CT molecular complexity index is 1470. The fraction of sp³-hybridized carbons (Fsp3) is 0.276. The monoisotopic (exact) mass is 582 g/mol. The highest BCUT2D eigenvalue weighted by molar-refractivity contribution is 7.92. The summed E-state index contributed by atoms with van der Waals surface area (Å²) in [6, 6.07) is 18.0. The summed E-state index contributed by atoms with van der Waals surface area (Å²) in [7, 11) is -4.26. The van der Waals surface area contributed by atoms with Crippen LogP contribution in [0.3, 0.4) is 0 Å². The first-order valence-corrected chi connectivity index (χ1v) is 14.4. The number of hydrogen-bond acceptors (Lipinski definition) is 7. The molecule has 12 heteroatoms.